The van der Waals surface area contributed by atoms with Gasteiger partial charge in [-0.25, -0.2) is 0 Å². The Kier molecular flexibility index (Phi) is 3.66. The van der Waals surface area contributed by atoms with Gasteiger partial charge in [-0.05, 0) is 55.2 Å². The van der Waals surface area contributed by atoms with Crippen molar-refractivity contribution in [2.75, 3.05) is 0 Å². The van der Waals surface area contributed by atoms with E-state index in [2.05, 4.69) is 66.2 Å². The van der Waals surface area contributed by atoms with Gasteiger partial charge in [0.1, 0.15) is 11.5 Å². The summed E-state index contributed by atoms with van der Waals surface area (Å²) in [4.78, 5) is 0.154. The second kappa shape index (κ2) is 5.34. The molecule has 2 heteroatoms. The zero-order valence-electron chi connectivity index (χ0n) is 12.8. The van der Waals surface area contributed by atoms with Crippen LogP contribution in [0.15, 0.2) is 40.8 Å². The molecule has 1 unspecified atom stereocenters. The van der Waals surface area contributed by atoms with E-state index in [4.69, 9.17) is 4.42 Å². The van der Waals surface area contributed by atoms with E-state index in [0.717, 1.165) is 11.5 Å². The van der Waals surface area contributed by atoms with Crippen LogP contribution in [0.2, 0.25) is 0 Å². The van der Waals surface area contributed by atoms with E-state index in [1.807, 2.05) is 13.8 Å². The first kappa shape index (κ1) is 14.4. The minimum Gasteiger partial charge on any atom is -0.466 e. The molecule has 0 radical (unpaired) electrons. The van der Waals surface area contributed by atoms with Crippen LogP contribution in [0.4, 0.5) is 0 Å². The van der Waals surface area contributed by atoms with Crippen LogP contribution < -0.4 is 0 Å². The van der Waals surface area contributed by atoms with Crippen LogP contribution in [0.5, 0.6) is 0 Å². The highest BCUT2D eigenvalue weighted by Crippen LogP contribution is 2.41. The summed E-state index contributed by atoms with van der Waals surface area (Å²) in [6, 6.07) is 12.9. The third kappa shape index (κ3) is 2.32. The van der Waals surface area contributed by atoms with Crippen LogP contribution in [0.1, 0.15) is 38.6 Å². The summed E-state index contributed by atoms with van der Waals surface area (Å²) in [6.07, 6.45) is 0. The smallest absolute Gasteiger partial charge is 0.106 e. The van der Waals surface area contributed by atoms with Gasteiger partial charge in [0.25, 0.3) is 0 Å². The van der Waals surface area contributed by atoms with E-state index in [9.17, 15) is 0 Å². The monoisotopic (exact) mass is 342 g/mol. The fourth-order valence-corrected chi connectivity index (χ4v) is 4.34. The van der Waals surface area contributed by atoms with Gasteiger partial charge in [0.05, 0.1) is 4.83 Å². The first-order valence-corrected chi connectivity index (χ1v) is 8.11. The lowest BCUT2D eigenvalue weighted by Crippen LogP contribution is -1.99. The molecule has 1 nitrogen and oxygen atoms in total. The Morgan fingerprint density at radius 3 is 2.24 bits per heavy atom. The lowest BCUT2D eigenvalue weighted by atomic mass is 9.93. The summed E-state index contributed by atoms with van der Waals surface area (Å²) < 4.78 is 5.81. The van der Waals surface area contributed by atoms with Crippen LogP contribution in [0.3, 0.4) is 0 Å². The van der Waals surface area contributed by atoms with Gasteiger partial charge in [0.2, 0.25) is 0 Å². The molecule has 3 rings (SSSR count). The fourth-order valence-electron chi connectivity index (χ4n) is 3.07. The van der Waals surface area contributed by atoms with Gasteiger partial charge in [0, 0.05) is 5.56 Å². The number of hydrogen-bond acceptors (Lipinski definition) is 1. The normalized spacial score (nSPS) is 12.8. The van der Waals surface area contributed by atoms with Gasteiger partial charge in [-0.3, -0.25) is 0 Å². The van der Waals surface area contributed by atoms with Gasteiger partial charge in [-0.1, -0.05) is 52.3 Å². The van der Waals surface area contributed by atoms with E-state index in [1.54, 1.807) is 0 Å². The molecule has 0 bridgehead atoms. The number of halogens is 1. The molecule has 2 aromatic carbocycles. The minimum absolute atomic E-state index is 0.154. The quantitative estimate of drug-likeness (QED) is 0.509. The Balaban J connectivity index is 2.27. The molecule has 1 heterocycles. The molecule has 108 valence electrons. The summed E-state index contributed by atoms with van der Waals surface area (Å²) in [5.41, 5.74) is 5.13. The second-order valence-electron chi connectivity index (χ2n) is 5.63. The standard InChI is InChI=1S/C19H19BrO/c1-11-9-10-15-7-5-6-8-16(15)17(11)19(20)18-12(2)13(3)21-14(18)4/h5-10,19H,1-4H3. The first-order valence-electron chi connectivity index (χ1n) is 7.19. The van der Waals surface area contributed by atoms with Crippen molar-refractivity contribution in [1.82, 2.24) is 0 Å². The number of benzene rings is 2. The van der Waals surface area contributed by atoms with Crippen molar-refractivity contribution in [3.8, 4) is 0 Å². The number of hydrogen-bond donors (Lipinski definition) is 0. The number of fused-ring (bicyclic) bond motifs is 1. The maximum absolute atomic E-state index is 5.81. The third-order valence-corrected chi connectivity index (χ3v) is 5.23. The van der Waals surface area contributed by atoms with Gasteiger partial charge >= 0.3 is 0 Å². The Labute approximate surface area is 134 Å². The summed E-state index contributed by atoms with van der Waals surface area (Å²) in [7, 11) is 0. The van der Waals surface area contributed by atoms with Crippen molar-refractivity contribution in [2.45, 2.75) is 32.5 Å². The minimum atomic E-state index is 0.154. The van der Waals surface area contributed by atoms with Crippen molar-refractivity contribution in [1.29, 1.82) is 0 Å². The molecule has 0 N–H and O–H groups in total. The Hall–Kier alpha value is -1.54. The second-order valence-corrected chi connectivity index (χ2v) is 6.55. The predicted molar refractivity (Wildman–Crippen MR) is 92.4 cm³/mol. The summed E-state index contributed by atoms with van der Waals surface area (Å²) in [6.45, 7) is 8.38. The average molecular weight is 343 g/mol. The number of alkyl halides is 1. The lowest BCUT2D eigenvalue weighted by Gasteiger charge is -2.17. The molecule has 0 aliphatic rings. The highest BCUT2D eigenvalue weighted by atomic mass is 79.9. The molecular formula is C19H19BrO. The number of furan rings is 1. The van der Waals surface area contributed by atoms with Crippen LogP contribution in [-0.4, -0.2) is 0 Å². The molecular weight excluding hydrogens is 324 g/mol. The van der Waals surface area contributed by atoms with Gasteiger partial charge < -0.3 is 4.42 Å². The molecule has 0 saturated heterocycles. The number of aryl methyl sites for hydroxylation is 3. The van der Waals surface area contributed by atoms with Crippen LogP contribution in [-0.2, 0) is 0 Å². The van der Waals surface area contributed by atoms with Gasteiger partial charge in [-0.15, -0.1) is 0 Å². The number of rotatable bonds is 2. The van der Waals surface area contributed by atoms with Crippen LogP contribution in [0.25, 0.3) is 10.8 Å². The van der Waals surface area contributed by atoms with Gasteiger partial charge in [-0.2, -0.15) is 0 Å². The Morgan fingerprint density at radius 2 is 1.57 bits per heavy atom. The maximum Gasteiger partial charge on any atom is 0.106 e. The Bertz CT molecular complexity index is 814. The van der Waals surface area contributed by atoms with Crippen LogP contribution >= 0.6 is 15.9 Å². The molecule has 0 spiro atoms. The lowest BCUT2D eigenvalue weighted by molar-refractivity contribution is 0.500. The maximum atomic E-state index is 5.81. The van der Waals surface area contributed by atoms with Crippen molar-refractivity contribution >= 4 is 26.7 Å². The molecule has 0 amide bonds. The SMILES string of the molecule is Cc1ccc2ccccc2c1C(Br)c1c(C)oc(C)c1C. The van der Waals surface area contributed by atoms with Crippen molar-refractivity contribution in [3.05, 3.63) is 70.2 Å². The predicted octanol–water partition coefficient (Wildman–Crippen LogP) is 6.15. The van der Waals surface area contributed by atoms with Crippen molar-refractivity contribution in [2.24, 2.45) is 0 Å². The molecule has 0 aliphatic heterocycles. The first-order chi connectivity index (χ1) is 10.0. The third-order valence-electron chi connectivity index (χ3n) is 4.31. The van der Waals surface area contributed by atoms with E-state index in [-0.39, 0.29) is 4.83 Å². The largest absolute Gasteiger partial charge is 0.466 e. The molecule has 21 heavy (non-hydrogen) atoms. The van der Waals surface area contributed by atoms with Crippen molar-refractivity contribution in [3.63, 3.8) is 0 Å². The summed E-state index contributed by atoms with van der Waals surface area (Å²) in [5, 5.41) is 2.58. The molecule has 1 aromatic heterocycles. The molecule has 0 saturated carbocycles. The summed E-state index contributed by atoms with van der Waals surface area (Å²) >= 11 is 3.92. The average Bonchev–Trinajstić information content (AvgIpc) is 2.71. The van der Waals surface area contributed by atoms with Crippen LogP contribution in [0, 0.1) is 27.7 Å². The van der Waals surface area contributed by atoms with E-state index in [1.165, 1.54) is 33.0 Å². The molecule has 1 atom stereocenters. The molecule has 0 fully saturated rings. The highest BCUT2D eigenvalue weighted by Gasteiger charge is 2.23. The van der Waals surface area contributed by atoms with Crippen molar-refractivity contribution < 1.29 is 4.42 Å². The molecule has 0 aliphatic carbocycles. The highest BCUT2D eigenvalue weighted by molar-refractivity contribution is 9.09. The topological polar surface area (TPSA) is 13.1 Å². The zero-order valence-corrected chi connectivity index (χ0v) is 14.4. The fraction of sp³-hybridized carbons (Fsp3) is 0.263. The van der Waals surface area contributed by atoms with E-state index < -0.39 is 0 Å². The Morgan fingerprint density at radius 1 is 0.857 bits per heavy atom. The zero-order chi connectivity index (χ0) is 15.1. The molecule has 3 aromatic rings. The van der Waals surface area contributed by atoms with E-state index >= 15 is 0 Å². The summed E-state index contributed by atoms with van der Waals surface area (Å²) in [5.74, 6) is 2.00. The van der Waals surface area contributed by atoms with Gasteiger partial charge in [0.15, 0.2) is 0 Å². The van der Waals surface area contributed by atoms with E-state index in [0.29, 0.717) is 0 Å².